The molecular weight excluding hydrogens is 273 g/mol. The third-order valence-corrected chi connectivity index (χ3v) is 2.75. The molecule has 4 nitrogen and oxygen atoms in total. The van der Waals surface area contributed by atoms with Crippen LogP contribution in [-0.4, -0.2) is 16.1 Å². The van der Waals surface area contributed by atoms with Crippen molar-refractivity contribution in [2.75, 3.05) is 0 Å². The van der Waals surface area contributed by atoms with Gasteiger partial charge < -0.3 is 9.84 Å². The zero-order chi connectivity index (χ0) is 13.8. The van der Waals surface area contributed by atoms with Crippen LogP contribution in [0.3, 0.4) is 0 Å². The van der Waals surface area contributed by atoms with Gasteiger partial charge in [-0.2, -0.15) is 4.39 Å². The van der Waals surface area contributed by atoms with Crippen LogP contribution in [0.15, 0.2) is 36.5 Å². The summed E-state index contributed by atoms with van der Waals surface area (Å²) in [6, 6.07) is 9.11. The molecule has 0 saturated carbocycles. The van der Waals surface area contributed by atoms with Crippen molar-refractivity contribution in [1.82, 2.24) is 4.98 Å². The lowest BCUT2D eigenvalue weighted by Gasteiger charge is -2.08. The highest BCUT2D eigenvalue weighted by Gasteiger charge is 2.18. The Morgan fingerprint density at radius 2 is 2.05 bits per heavy atom. The summed E-state index contributed by atoms with van der Waals surface area (Å²) in [6.07, 6.45) is 0.966. The summed E-state index contributed by atoms with van der Waals surface area (Å²) in [7, 11) is 0. The Balaban J connectivity index is 2.18. The predicted octanol–water partition coefficient (Wildman–Crippen LogP) is 3.15. The summed E-state index contributed by atoms with van der Waals surface area (Å²) in [4.78, 5) is 14.3. The third kappa shape index (κ3) is 3.00. The van der Waals surface area contributed by atoms with Crippen LogP contribution in [0.25, 0.3) is 0 Å². The first-order valence-corrected chi connectivity index (χ1v) is 5.71. The minimum Gasteiger partial charge on any atom is -0.478 e. The van der Waals surface area contributed by atoms with E-state index in [9.17, 15) is 9.18 Å². The maximum absolute atomic E-state index is 13.7. The Kier molecular flexibility index (Phi) is 3.97. The van der Waals surface area contributed by atoms with Crippen LogP contribution in [0, 0.1) is 5.82 Å². The highest BCUT2D eigenvalue weighted by molar-refractivity contribution is 6.33. The van der Waals surface area contributed by atoms with Gasteiger partial charge in [0.1, 0.15) is 6.61 Å². The Bertz CT molecular complexity index is 604. The molecule has 0 fully saturated rings. The van der Waals surface area contributed by atoms with Crippen LogP contribution in [0.2, 0.25) is 5.02 Å². The van der Waals surface area contributed by atoms with Gasteiger partial charge in [0.05, 0.1) is 10.6 Å². The number of nitrogens with zero attached hydrogens (tertiary/aromatic N) is 1. The topological polar surface area (TPSA) is 59.4 Å². The van der Waals surface area contributed by atoms with Crippen molar-refractivity contribution < 1.29 is 19.0 Å². The van der Waals surface area contributed by atoms with Gasteiger partial charge in [-0.3, -0.25) is 0 Å². The summed E-state index contributed by atoms with van der Waals surface area (Å²) in [6.45, 7) is 0.119. The van der Waals surface area contributed by atoms with E-state index >= 15 is 0 Å². The molecule has 0 unspecified atom stereocenters. The third-order valence-electron chi connectivity index (χ3n) is 2.38. The second kappa shape index (κ2) is 5.67. The summed E-state index contributed by atoms with van der Waals surface area (Å²) >= 11 is 5.60. The largest absolute Gasteiger partial charge is 0.478 e. The number of carbonyl (C=O) groups is 1. The number of ether oxygens (including phenoxy) is 1. The monoisotopic (exact) mass is 281 g/mol. The van der Waals surface area contributed by atoms with Gasteiger partial charge in [-0.05, 0) is 5.56 Å². The fourth-order valence-electron chi connectivity index (χ4n) is 1.42. The summed E-state index contributed by atoms with van der Waals surface area (Å²) < 4.78 is 18.9. The first-order valence-electron chi connectivity index (χ1n) is 5.33. The summed E-state index contributed by atoms with van der Waals surface area (Å²) in [5.41, 5.74) is 0.438. The van der Waals surface area contributed by atoms with Crippen molar-refractivity contribution in [3.8, 4) is 5.88 Å². The number of aromatic carboxylic acids is 1. The molecule has 0 saturated heterocycles. The molecule has 1 N–H and O–H groups in total. The second-order valence-electron chi connectivity index (χ2n) is 3.68. The van der Waals surface area contributed by atoms with Gasteiger partial charge in [-0.25, -0.2) is 9.78 Å². The Hall–Kier alpha value is -2.14. The van der Waals surface area contributed by atoms with Crippen molar-refractivity contribution in [2.24, 2.45) is 0 Å². The molecule has 0 radical (unpaired) electrons. The van der Waals surface area contributed by atoms with E-state index in [1.54, 1.807) is 0 Å². The minimum absolute atomic E-state index is 0.119. The molecule has 1 heterocycles. The van der Waals surface area contributed by atoms with Crippen LogP contribution in [-0.2, 0) is 6.61 Å². The molecule has 0 aliphatic rings. The molecule has 2 rings (SSSR count). The zero-order valence-electron chi connectivity index (χ0n) is 9.64. The van der Waals surface area contributed by atoms with Crippen LogP contribution in [0.1, 0.15) is 15.9 Å². The predicted molar refractivity (Wildman–Crippen MR) is 66.9 cm³/mol. The molecule has 2 aromatic rings. The molecule has 0 atom stereocenters. The number of carboxylic acid groups (broad SMARTS) is 1. The zero-order valence-corrected chi connectivity index (χ0v) is 10.4. The number of benzene rings is 1. The highest BCUT2D eigenvalue weighted by Crippen LogP contribution is 2.26. The standard InChI is InChI=1S/C13H9ClFNO3/c14-10-9(13(17)18)6-16-12(11(10)15)19-7-8-4-2-1-3-5-8/h1-6H,7H2,(H,17,18). The lowest BCUT2D eigenvalue weighted by atomic mass is 10.2. The summed E-state index contributed by atoms with van der Waals surface area (Å²) in [5, 5.41) is 8.25. The highest BCUT2D eigenvalue weighted by atomic mass is 35.5. The van der Waals surface area contributed by atoms with Crippen LogP contribution < -0.4 is 4.74 Å². The van der Waals surface area contributed by atoms with Crippen molar-refractivity contribution in [3.63, 3.8) is 0 Å². The van der Waals surface area contributed by atoms with E-state index in [0.29, 0.717) is 0 Å². The van der Waals surface area contributed by atoms with Gasteiger partial charge in [-0.1, -0.05) is 41.9 Å². The first-order chi connectivity index (χ1) is 9.09. The van der Waals surface area contributed by atoms with E-state index in [-0.39, 0.29) is 12.5 Å². The normalized spacial score (nSPS) is 10.2. The molecule has 0 aliphatic carbocycles. The lowest BCUT2D eigenvalue weighted by Crippen LogP contribution is -2.05. The number of pyridine rings is 1. The van der Waals surface area contributed by atoms with Gasteiger partial charge >= 0.3 is 5.97 Å². The molecule has 98 valence electrons. The number of hydrogen-bond donors (Lipinski definition) is 1. The minimum atomic E-state index is -1.34. The van der Waals surface area contributed by atoms with E-state index in [1.165, 1.54) is 0 Å². The van der Waals surface area contributed by atoms with Crippen LogP contribution >= 0.6 is 11.6 Å². The number of halogens is 2. The second-order valence-corrected chi connectivity index (χ2v) is 4.06. The van der Waals surface area contributed by atoms with Gasteiger partial charge in [-0.15, -0.1) is 0 Å². The van der Waals surface area contributed by atoms with E-state index in [2.05, 4.69) is 4.98 Å². The molecule has 1 aromatic heterocycles. The smallest absolute Gasteiger partial charge is 0.338 e. The quantitative estimate of drug-likeness (QED) is 0.935. The fourth-order valence-corrected chi connectivity index (χ4v) is 1.63. The number of carboxylic acids is 1. The molecule has 0 spiro atoms. The van der Waals surface area contributed by atoms with E-state index < -0.39 is 22.4 Å². The van der Waals surface area contributed by atoms with Crippen molar-refractivity contribution in [2.45, 2.75) is 6.61 Å². The van der Waals surface area contributed by atoms with Crippen molar-refractivity contribution in [1.29, 1.82) is 0 Å². The van der Waals surface area contributed by atoms with Crippen molar-refractivity contribution in [3.05, 3.63) is 58.5 Å². The molecule has 0 aliphatic heterocycles. The average Bonchev–Trinajstić information content (AvgIpc) is 2.41. The molecular formula is C13H9ClFNO3. The van der Waals surface area contributed by atoms with Gasteiger partial charge in [0.25, 0.3) is 5.88 Å². The Labute approximate surface area is 113 Å². The molecule has 19 heavy (non-hydrogen) atoms. The first kappa shape index (κ1) is 13.3. The fraction of sp³-hybridized carbons (Fsp3) is 0.0769. The van der Waals surface area contributed by atoms with E-state index in [1.807, 2.05) is 30.3 Å². The Morgan fingerprint density at radius 1 is 1.37 bits per heavy atom. The van der Waals surface area contributed by atoms with E-state index in [4.69, 9.17) is 21.4 Å². The number of hydrogen-bond acceptors (Lipinski definition) is 3. The SMILES string of the molecule is O=C(O)c1cnc(OCc2ccccc2)c(F)c1Cl. The maximum Gasteiger partial charge on any atom is 0.338 e. The number of aromatic nitrogens is 1. The van der Waals surface area contributed by atoms with Crippen LogP contribution in [0.4, 0.5) is 4.39 Å². The van der Waals surface area contributed by atoms with Gasteiger partial charge in [0, 0.05) is 6.20 Å². The molecule has 1 aromatic carbocycles. The maximum atomic E-state index is 13.7. The molecule has 0 amide bonds. The van der Waals surface area contributed by atoms with Gasteiger partial charge in [0.2, 0.25) is 5.82 Å². The van der Waals surface area contributed by atoms with E-state index in [0.717, 1.165) is 11.8 Å². The summed E-state index contributed by atoms with van der Waals surface area (Å²) in [5.74, 6) is -2.64. The molecule has 6 heteroatoms. The Morgan fingerprint density at radius 3 is 2.68 bits per heavy atom. The average molecular weight is 282 g/mol. The lowest BCUT2D eigenvalue weighted by molar-refractivity contribution is 0.0696. The van der Waals surface area contributed by atoms with Crippen LogP contribution in [0.5, 0.6) is 5.88 Å². The van der Waals surface area contributed by atoms with Gasteiger partial charge in [0.15, 0.2) is 0 Å². The number of rotatable bonds is 4. The van der Waals surface area contributed by atoms with Crippen molar-refractivity contribution >= 4 is 17.6 Å². The molecule has 0 bridgehead atoms.